The van der Waals surface area contributed by atoms with E-state index in [0.29, 0.717) is 19.0 Å². The minimum absolute atomic E-state index is 0.142. The van der Waals surface area contributed by atoms with Gasteiger partial charge in [0.15, 0.2) is 5.82 Å². The molecule has 0 radical (unpaired) electrons. The molecule has 94 valence electrons. The fourth-order valence-corrected chi connectivity index (χ4v) is 1.78. The summed E-state index contributed by atoms with van der Waals surface area (Å²) >= 11 is 0. The highest BCUT2D eigenvalue weighted by Gasteiger charge is 2.44. The molecular weight excluding hydrogens is 220 g/mol. The quantitative estimate of drug-likeness (QED) is 0.692. The van der Waals surface area contributed by atoms with Gasteiger partial charge in [0, 0.05) is 17.3 Å². The molecule has 1 saturated heterocycles. The van der Waals surface area contributed by atoms with Crippen molar-refractivity contribution < 1.29 is 9.53 Å². The van der Waals surface area contributed by atoms with Crippen LogP contribution in [0.3, 0.4) is 0 Å². The summed E-state index contributed by atoms with van der Waals surface area (Å²) in [5.41, 5.74) is 7.10. The molecule has 0 aliphatic carbocycles. The maximum atomic E-state index is 12.2. The molecule has 1 aromatic rings. The maximum Gasteiger partial charge on any atom is 0.235 e. The number of aromatic amines is 1. The number of amides is 1. The Kier molecular flexibility index (Phi) is 2.92. The largest absolute Gasteiger partial charge is 0.379 e. The van der Waals surface area contributed by atoms with E-state index in [9.17, 15) is 4.79 Å². The van der Waals surface area contributed by atoms with Gasteiger partial charge in [0.25, 0.3) is 0 Å². The molecule has 1 amide bonds. The first-order valence-corrected chi connectivity index (χ1v) is 5.61. The minimum Gasteiger partial charge on any atom is -0.379 e. The van der Waals surface area contributed by atoms with Crippen molar-refractivity contribution in [3.8, 4) is 0 Å². The number of anilines is 1. The number of aromatic nitrogens is 2. The van der Waals surface area contributed by atoms with Gasteiger partial charge in [0.1, 0.15) is 0 Å². The van der Waals surface area contributed by atoms with Gasteiger partial charge < -0.3 is 15.8 Å². The van der Waals surface area contributed by atoms with Crippen molar-refractivity contribution in [1.29, 1.82) is 0 Å². The number of nitrogens with zero attached hydrogens (tertiary/aromatic N) is 1. The molecule has 0 spiro atoms. The highest BCUT2D eigenvalue weighted by Crippen LogP contribution is 2.29. The summed E-state index contributed by atoms with van der Waals surface area (Å²) in [6, 6.07) is -0.275. The van der Waals surface area contributed by atoms with Gasteiger partial charge in [-0.05, 0) is 20.8 Å². The van der Waals surface area contributed by atoms with Crippen LogP contribution in [0.5, 0.6) is 0 Å². The average Bonchev–Trinajstić information content (AvgIpc) is 2.78. The number of aryl methyl sites for hydroxylation is 1. The molecule has 2 rings (SSSR count). The molecule has 2 unspecified atom stereocenters. The van der Waals surface area contributed by atoms with Crippen molar-refractivity contribution in [3.63, 3.8) is 0 Å². The molecular formula is C11H18N4O2. The third-order valence-corrected chi connectivity index (χ3v) is 3.52. The van der Waals surface area contributed by atoms with Gasteiger partial charge >= 0.3 is 0 Å². The monoisotopic (exact) mass is 238 g/mol. The number of carbonyl (C=O) groups is 1. The Morgan fingerprint density at radius 3 is 2.82 bits per heavy atom. The summed E-state index contributed by atoms with van der Waals surface area (Å²) in [4.78, 5) is 12.2. The normalized spacial score (nSPS) is 28.4. The van der Waals surface area contributed by atoms with Gasteiger partial charge in [-0.1, -0.05) is 0 Å². The summed E-state index contributed by atoms with van der Waals surface area (Å²) in [6.45, 7) is 6.39. The number of ether oxygens (including phenoxy) is 1. The van der Waals surface area contributed by atoms with Crippen LogP contribution in [0.2, 0.25) is 0 Å². The van der Waals surface area contributed by atoms with Crippen LogP contribution in [0.25, 0.3) is 0 Å². The second-order valence-electron chi connectivity index (χ2n) is 4.82. The van der Waals surface area contributed by atoms with E-state index >= 15 is 0 Å². The third-order valence-electron chi connectivity index (χ3n) is 3.52. The van der Waals surface area contributed by atoms with Crippen LogP contribution in [-0.4, -0.2) is 35.4 Å². The van der Waals surface area contributed by atoms with Crippen LogP contribution < -0.4 is 11.1 Å². The van der Waals surface area contributed by atoms with Crippen LogP contribution in [0.15, 0.2) is 0 Å². The van der Waals surface area contributed by atoms with Gasteiger partial charge in [0.05, 0.1) is 18.6 Å². The summed E-state index contributed by atoms with van der Waals surface area (Å²) < 4.78 is 5.25. The number of hydrogen-bond donors (Lipinski definition) is 3. The van der Waals surface area contributed by atoms with Crippen molar-refractivity contribution in [3.05, 3.63) is 11.3 Å². The molecule has 4 N–H and O–H groups in total. The fraction of sp³-hybridized carbons (Fsp3) is 0.636. The predicted octanol–water partition coefficient (Wildman–Crippen LogP) is 0.329. The Hall–Kier alpha value is -1.40. The highest BCUT2D eigenvalue weighted by atomic mass is 16.5. The van der Waals surface area contributed by atoms with Gasteiger partial charge in [-0.15, -0.1) is 0 Å². The van der Waals surface area contributed by atoms with Crippen molar-refractivity contribution in [2.75, 3.05) is 18.5 Å². The van der Waals surface area contributed by atoms with Gasteiger partial charge in [0.2, 0.25) is 5.91 Å². The second kappa shape index (κ2) is 4.12. The number of H-pyrrole nitrogens is 1. The molecule has 1 aromatic heterocycles. The Labute approximate surface area is 99.9 Å². The first kappa shape index (κ1) is 12.1. The molecule has 6 heteroatoms. The van der Waals surface area contributed by atoms with Crippen molar-refractivity contribution in [2.24, 2.45) is 11.1 Å². The maximum absolute atomic E-state index is 12.2. The Bertz CT molecular complexity index is 443. The number of rotatable bonds is 2. The molecule has 1 aliphatic rings. The van der Waals surface area contributed by atoms with Gasteiger partial charge in [-0.3, -0.25) is 9.89 Å². The van der Waals surface area contributed by atoms with Crippen LogP contribution in [0.4, 0.5) is 5.82 Å². The lowest BCUT2D eigenvalue weighted by Crippen LogP contribution is -2.47. The second-order valence-corrected chi connectivity index (χ2v) is 4.82. The lowest BCUT2D eigenvalue weighted by Gasteiger charge is -2.24. The van der Waals surface area contributed by atoms with E-state index in [-0.39, 0.29) is 11.9 Å². The van der Waals surface area contributed by atoms with E-state index in [1.54, 1.807) is 0 Å². The van der Waals surface area contributed by atoms with Crippen molar-refractivity contribution >= 4 is 11.7 Å². The van der Waals surface area contributed by atoms with Crippen molar-refractivity contribution in [1.82, 2.24) is 10.2 Å². The van der Waals surface area contributed by atoms with E-state index in [2.05, 4.69) is 15.5 Å². The molecule has 0 aromatic carbocycles. The zero-order valence-corrected chi connectivity index (χ0v) is 10.3. The van der Waals surface area contributed by atoms with Crippen LogP contribution in [0, 0.1) is 19.3 Å². The Morgan fingerprint density at radius 2 is 2.35 bits per heavy atom. The van der Waals surface area contributed by atoms with Crippen LogP contribution >= 0.6 is 0 Å². The number of nitrogens with one attached hydrogen (secondary N) is 2. The molecule has 0 bridgehead atoms. The first-order chi connectivity index (χ1) is 7.95. The average molecular weight is 238 g/mol. The minimum atomic E-state index is -0.681. The Morgan fingerprint density at radius 1 is 1.65 bits per heavy atom. The lowest BCUT2D eigenvalue weighted by atomic mass is 9.85. The first-order valence-electron chi connectivity index (χ1n) is 5.61. The van der Waals surface area contributed by atoms with Crippen LogP contribution in [-0.2, 0) is 9.53 Å². The molecule has 2 atom stereocenters. The van der Waals surface area contributed by atoms with E-state index < -0.39 is 5.41 Å². The lowest BCUT2D eigenvalue weighted by molar-refractivity contribution is -0.125. The zero-order chi connectivity index (χ0) is 12.6. The van der Waals surface area contributed by atoms with Gasteiger partial charge in [-0.25, -0.2) is 0 Å². The van der Waals surface area contributed by atoms with E-state index in [1.807, 2.05) is 20.8 Å². The summed E-state index contributed by atoms with van der Waals surface area (Å²) in [5.74, 6) is 0.421. The highest BCUT2D eigenvalue weighted by molar-refractivity contribution is 5.95. The van der Waals surface area contributed by atoms with Crippen molar-refractivity contribution in [2.45, 2.75) is 26.8 Å². The molecule has 6 nitrogen and oxygen atoms in total. The summed E-state index contributed by atoms with van der Waals surface area (Å²) in [7, 11) is 0. The fourth-order valence-electron chi connectivity index (χ4n) is 1.78. The topological polar surface area (TPSA) is 93.0 Å². The SMILES string of the molecule is Cc1[nH]nc(NC(=O)C2(C)COCC2N)c1C. The predicted molar refractivity (Wildman–Crippen MR) is 63.6 cm³/mol. The summed E-state index contributed by atoms with van der Waals surface area (Å²) in [5, 5.41) is 9.68. The molecule has 1 fully saturated rings. The van der Waals surface area contributed by atoms with Crippen LogP contribution in [0.1, 0.15) is 18.2 Å². The number of nitrogens with two attached hydrogens (primary N) is 1. The number of carbonyl (C=O) groups excluding carboxylic acids is 1. The zero-order valence-electron chi connectivity index (χ0n) is 10.3. The molecule has 2 heterocycles. The smallest absolute Gasteiger partial charge is 0.235 e. The van der Waals surface area contributed by atoms with E-state index in [0.717, 1.165) is 11.3 Å². The molecule has 0 saturated carbocycles. The number of hydrogen-bond acceptors (Lipinski definition) is 4. The Balaban J connectivity index is 2.14. The summed E-state index contributed by atoms with van der Waals surface area (Å²) in [6.07, 6.45) is 0. The molecule has 1 aliphatic heterocycles. The van der Waals surface area contributed by atoms with Gasteiger partial charge in [-0.2, -0.15) is 5.10 Å². The van der Waals surface area contributed by atoms with E-state index in [4.69, 9.17) is 10.5 Å². The molecule has 17 heavy (non-hydrogen) atoms. The third kappa shape index (κ3) is 1.94. The van der Waals surface area contributed by atoms with E-state index in [1.165, 1.54) is 0 Å². The standard InChI is InChI=1S/C11H18N4O2/c1-6-7(2)14-15-9(6)13-10(16)11(3)5-17-4-8(11)12/h8H,4-5,12H2,1-3H3,(H2,13,14,15,16).